The molecule has 0 radical (unpaired) electrons. The van der Waals surface area contributed by atoms with E-state index < -0.39 is 24.0 Å². The maximum atomic E-state index is 12.0. The lowest BCUT2D eigenvalue weighted by atomic mass is 9.78. The Balaban J connectivity index is 0.000000257. The molecule has 0 amide bonds. The number of hydrogen-bond donors (Lipinski definition) is 0. The molecule has 0 N–H and O–H groups in total. The quantitative estimate of drug-likeness (QED) is 0.431. The minimum atomic E-state index is -0.873. The number of benzene rings is 1. The average Bonchev–Trinajstić information content (AvgIpc) is 3.32. The molecule has 140 valence electrons. The van der Waals surface area contributed by atoms with E-state index in [1.807, 2.05) is 48.6 Å². The van der Waals surface area contributed by atoms with Gasteiger partial charge in [0, 0.05) is 5.92 Å². The monoisotopic (exact) mass is 368 g/mol. The van der Waals surface area contributed by atoms with E-state index in [2.05, 4.69) is 0 Å². The summed E-state index contributed by atoms with van der Waals surface area (Å²) in [5.41, 5.74) is 0.0425. The Labute approximate surface area is 157 Å². The van der Waals surface area contributed by atoms with Gasteiger partial charge < -0.3 is 18.9 Å². The first-order valence-corrected chi connectivity index (χ1v) is 8.80. The van der Waals surface area contributed by atoms with Crippen LogP contribution < -0.4 is 0 Å². The van der Waals surface area contributed by atoms with Crippen molar-refractivity contribution in [3.63, 3.8) is 0 Å². The van der Waals surface area contributed by atoms with Crippen LogP contribution in [0.5, 0.6) is 0 Å². The SMILES string of the molecule is C/C=C1/C(=O)O[C@]23C=C[C@@H]4C(C(=O)OC)=CO[C@H](O[C@@H]12)[C@@H]43.c1ccccc1. The molecule has 0 saturated carbocycles. The molecule has 5 atom stereocenters. The van der Waals surface area contributed by atoms with Gasteiger partial charge in [0.25, 0.3) is 0 Å². The first-order chi connectivity index (χ1) is 13.1. The van der Waals surface area contributed by atoms with Crippen molar-refractivity contribution in [1.29, 1.82) is 0 Å². The van der Waals surface area contributed by atoms with Crippen molar-refractivity contribution in [2.75, 3.05) is 7.11 Å². The van der Waals surface area contributed by atoms with Crippen molar-refractivity contribution in [3.05, 3.63) is 72.0 Å². The lowest BCUT2D eigenvalue weighted by Gasteiger charge is -2.32. The summed E-state index contributed by atoms with van der Waals surface area (Å²) < 4.78 is 21.8. The molecule has 1 aliphatic carbocycles. The highest BCUT2D eigenvalue weighted by Crippen LogP contribution is 2.57. The van der Waals surface area contributed by atoms with Crippen LogP contribution in [-0.2, 0) is 28.5 Å². The second-order valence-corrected chi connectivity index (χ2v) is 6.64. The number of carbonyl (C=O) groups is 2. The summed E-state index contributed by atoms with van der Waals surface area (Å²) in [5.74, 6) is -1.31. The molecular formula is C21H20O6. The van der Waals surface area contributed by atoms with Gasteiger partial charge in [-0.1, -0.05) is 48.6 Å². The Bertz CT molecular complexity index is 813. The molecule has 2 saturated heterocycles. The molecule has 3 aliphatic heterocycles. The van der Waals surface area contributed by atoms with E-state index in [9.17, 15) is 9.59 Å². The normalized spacial score (nSPS) is 36.0. The highest BCUT2D eigenvalue weighted by atomic mass is 16.7. The molecule has 0 bridgehead atoms. The standard InChI is InChI=1S/C15H14O6.C6H6/c1-3-7-11-15(21-13(7)17)5-4-8-9(12(16)18-2)6-19-14(20-11)10(8)15;1-2-4-6-5-3-1/h3-6,8,10-11,14H,1-2H3;1-6H/b7-3+;/t8-,10-,11+,14-,15+;/m1./s1. The molecule has 3 heterocycles. The van der Waals surface area contributed by atoms with Crippen molar-refractivity contribution in [3.8, 4) is 0 Å². The zero-order valence-corrected chi connectivity index (χ0v) is 15.0. The summed E-state index contributed by atoms with van der Waals surface area (Å²) in [5, 5.41) is 0. The van der Waals surface area contributed by atoms with Gasteiger partial charge in [-0.3, -0.25) is 0 Å². The van der Waals surface area contributed by atoms with Gasteiger partial charge in [-0.05, 0) is 13.0 Å². The molecule has 1 spiro atoms. The highest BCUT2D eigenvalue weighted by molar-refractivity contribution is 5.94. The molecule has 27 heavy (non-hydrogen) atoms. The smallest absolute Gasteiger partial charge is 0.337 e. The lowest BCUT2D eigenvalue weighted by molar-refractivity contribution is -0.152. The molecule has 5 rings (SSSR count). The van der Waals surface area contributed by atoms with Gasteiger partial charge in [0.15, 0.2) is 5.60 Å². The van der Waals surface area contributed by atoms with Crippen LogP contribution in [-0.4, -0.2) is 37.0 Å². The largest absolute Gasteiger partial charge is 0.471 e. The van der Waals surface area contributed by atoms with Crippen LogP contribution in [0, 0.1) is 11.8 Å². The van der Waals surface area contributed by atoms with E-state index in [-0.39, 0.29) is 17.8 Å². The third-order valence-electron chi connectivity index (χ3n) is 5.32. The van der Waals surface area contributed by atoms with E-state index in [0.717, 1.165) is 0 Å². The molecule has 6 heteroatoms. The minimum absolute atomic E-state index is 0.231. The topological polar surface area (TPSA) is 71.1 Å². The molecule has 0 unspecified atom stereocenters. The fraction of sp³-hybridized carbons (Fsp3) is 0.333. The van der Waals surface area contributed by atoms with Gasteiger partial charge in [0.2, 0.25) is 6.29 Å². The molecule has 2 fully saturated rings. The Morgan fingerprint density at radius 2 is 1.85 bits per heavy atom. The predicted octanol–water partition coefficient (Wildman–Crippen LogP) is 2.53. The van der Waals surface area contributed by atoms with Gasteiger partial charge in [0.05, 0.1) is 30.4 Å². The van der Waals surface area contributed by atoms with Gasteiger partial charge in [-0.15, -0.1) is 0 Å². The number of methoxy groups -OCH3 is 1. The summed E-state index contributed by atoms with van der Waals surface area (Å²) in [4.78, 5) is 23.8. The van der Waals surface area contributed by atoms with E-state index in [1.54, 1.807) is 13.0 Å². The second kappa shape index (κ2) is 6.70. The van der Waals surface area contributed by atoms with Crippen LogP contribution in [0.1, 0.15) is 6.92 Å². The van der Waals surface area contributed by atoms with Crippen LogP contribution in [0.4, 0.5) is 0 Å². The zero-order chi connectivity index (χ0) is 19.0. The maximum absolute atomic E-state index is 12.0. The number of ether oxygens (including phenoxy) is 4. The molecular weight excluding hydrogens is 348 g/mol. The third-order valence-corrected chi connectivity index (χ3v) is 5.32. The number of esters is 2. The molecule has 0 aromatic heterocycles. The van der Waals surface area contributed by atoms with Crippen molar-refractivity contribution in [1.82, 2.24) is 0 Å². The van der Waals surface area contributed by atoms with Crippen LogP contribution in [0.25, 0.3) is 0 Å². The summed E-state index contributed by atoms with van der Waals surface area (Å²) in [6.45, 7) is 1.77. The van der Waals surface area contributed by atoms with E-state index in [1.165, 1.54) is 13.4 Å². The third kappa shape index (κ3) is 2.59. The average molecular weight is 368 g/mol. The fourth-order valence-corrected chi connectivity index (χ4v) is 4.12. The Morgan fingerprint density at radius 3 is 2.44 bits per heavy atom. The number of hydrogen-bond acceptors (Lipinski definition) is 6. The van der Waals surface area contributed by atoms with Crippen molar-refractivity contribution in [2.24, 2.45) is 11.8 Å². The maximum Gasteiger partial charge on any atom is 0.337 e. The van der Waals surface area contributed by atoms with E-state index in [0.29, 0.717) is 11.1 Å². The van der Waals surface area contributed by atoms with Crippen molar-refractivity contribution >= 4 is 11.9 Å². The summed E-state index contributed by atoms with van der Waals surface area (Å²) >= 11 is 0. The Hall–Kier alpha value is -2.86. The Kier molecular flexibility index (Phi) is 4.36. The Morgan fingerprint density at radius 1 is 1.19 bits per heavy atom. The van der Waals surface area contributed by atoms with Gasteiger partial charge in [-0.25, -0.2) is 9.59 Å². The van der Waals surface area contributed by atoms with Crippen molar-refractivity contribution in [2.45, 2.75) is 24.9 Å². The first kappa shape index (κ1) is 17.5. The van der Waals surface area contributed by atoms with Gasteiger partial charge in [0.1, 0.15) is 6.10 Å². The van der Waals surface area contributed by atoms with Crippen molar-refractivity contribution < 1.29 is 28.5 Å². The predicted molar refractivity (Wildman–Crippen MR) is 95.0 cm³/mol. The lowest BCUT2D eigenvalue weighted by Crippen LogP contribution is -2.43. The van der Waals surface area contributed by atoms with Gasteiger partial charge >= 0.3 is 11.9 Å². The van der Waals surface area contributed by atoms with Crippen LogP contribution in [0.2, 0.25) is 0 Å². The minimum Gasteiger partial charge on any atom is -0.471 e. The summed E-state index contributed by atoms with van der Waals surface area (Å²) in [6.07, 6.45) is 5.77. The number of carbonyl (C=O) groups excluding carboxylic acids is 2. The van der Waals surface area contributed by atoms with E-state index in [4.69, 9.17) is 18.9 Å². The number of allylic oxidation sites excluding steroid dienone is 2. The van der Waals surface area contributed by atoms with Crippen LogP contribution in [0.3, 0.4) is 0 Å². The van der Waals surface area contributed by atoms with Crippen LogP contribution in [0.15, 0.2) is 72.0 Å². The van der Waals surface area contributed by atoms with Gasteiger partial charge in [-0.2, -0.15) is 0 Å². The first-order valence-electron chi connectivity index (χ1n) is 8.80. The molecule has 4 aliphatic rings. The number of rotatable bonds is 1. The molecule has 1 aromatic carbocycles. The zero-order valence-electron chi connectivity index (χ0n) is 15.0. The summed E-state index contributed by atoms with van der Waals surface area (Å²) in [7, 11) is 1.32. The fourth-order valence-electron chi connectivity index (χ4n) is 4.12. The summed E-state index contributed by atoms with van der Waals surface area (Å²) in [6, 6.07) is 12.0. The second-order valence-electron chi connectivity index (χ2n) is 6.64. The highest BCUT2D eigenvalue weighted by Gasteiger charge is 2.70. The van der Waals surface area contributed by atoms with E-state index >= 15 is 0 Å². The van der Waals surface area contributed by atoms with Crippen LogP contribution >= 0.6 is 0 Å². The molecule has 1 aromatic rings. The molecule has 6 nitrogen and oxygen atoms in total.